The number of rotatable bonds is 2. The summed E-state index contributed by atoms with van der Waals surface area (Å²) in [4.78, 5) is 4.12. The number of pyridine rings is 1. The van der Waals surface area contributed by atoms with Crippen molar-refractivity contribution >= 4 is 11.5 Å². The van der Waals surface area contributed by atoms with Gasteiger partial charge in [-0.3, -0.25) is 0 Å². The number of nitrogen functional groups attached to an aromatic ring is 2. The molecule has 0 unspecified atom stereocenters. The predicted octanol–water partition coefficient (Wildman–Crippen LogP) is 1.20. The van der Waals surface area contributed by atoms with Crippen LogP contribution in [0.15, 0.2) is 12.1 Å². The molecule has 0 spiro atoms. The van der Waals surface area contributed by atoms with Gasteiger partial charge in [0.05, 0.1) is 5.69 Å². The molecule has 0 saturated heterocycles. The number of aryl methyl sites for hydroxylation is 1. The highest BCUT2D eigenvalue weighted by Gasteiger charge is 1.96. The van der Waals surface area contributed by atoms with Gasteiger partial charge in [-0.2, -0.15) is 0 Å². The van der Waals surface area contributed by atoms with Crippen LogP contribution in [0, 0.1) is 0 Å². The van der Waals surface area contributed by atoms with Gasteiger partial charge in [0.15, 0.2) is 0 Å². The van der Waals surface area contributed by atoms with E-state index in [-0.39, 0.29) is 0 Å². The number of nitrogens with two attached hydrogens (primary N) is 2. The largest absolute Gasteiger partial charge is 0.396 e. The SMILES string of the molecule is CCCc1ccc(N)c(N)n1. The van der Waals surface area contributed by atoms with Crippen LogP contribution in [0.4, 0.5) is 11.5 Å². The van der Waals surface area contributed by atoms with Crippen LogP contribution in [0.1, 0.15) is 19.0 Å². The summed E-state index contributed by atoms with van der Waals surface area (Å²) in [5, 5.41) is 0. The molecule has 0 aliphatic carbocycles. The molecule has 0 saturated carbocycles. The van der Waals surface area contributed by atoms with Crippen molar-refractivity contribution < 1.29 is 0 Å². The van der Waals surface area contributed by atoms with E-state index in [9.17, 15) is 0 Å². The van der Waals surface area contributed by atoms with E-state index >= 15 is 0 Å². The van der Waals surface area contributed by atoms with Crippen molar-refractivity contribution in [2.45, 2.75) is 19.8 Å². The second-order valence-corrected chi connectivity index (χ2v) is 2.53. The van der Waals surface area contributed by atoms with E-state index in [0.717, 1.165) is 18.5 Å². The fourth-order valence-corrected chi connectivity index (χ4v) is 0.923. The highest BCUT2D eigenvalue weighted by molar-refractivity contribution is 5.57. The lowest BCUT2D eigenvalue weighted by molar-refractivity contribution is 0.885. The average Bonchev–Trinajstić information content (AvgIpc) is 1.98. The summed E-state index contributed by atoms with van der Waals surface area (Å²) in [6.45, 7) is 2.11. The Labute approximate surface area is 66.4 Å². The third kappa shape index (κ3) is 1.83. The van der Waals surface area contributed by atoms with Gasteiger partial charge in [-0.05, 0) is 18.6 Å². The summed E-state index contributed by atoms with van der Waals surface area (Å²) >= 11 is 0. The standard InChI is InChI=1S/C8H13N3/c1-2-3-6-4-5-7(9)8(10)11-6/h4-5H,2-3,9H2,1H3,(H2,10,11). The third-order valence-electron chi connectivity index (χ3n) is 1.52. The molecule has 0 radical (unpaired) electrons. The minimum Gasteiger partial charge on any atom is -0.396 e. The van der Waals surface area contributed by atoms with Crippen LogP contribution < -0.4 is 11.5 Å². The lowest BCUT2D eigenvalue weighted by Gasteiger charge is -2.01. The molecule has 0 aromatic carbocycles. The molecule has 0 fully saturated rings. The summed E-state index contributed by atoms with van der Waals surface area (Å²) in [6.07, 6.45) is 2.04. The number of anilines is 2. The van der Waals surface area contributed by atoms with Crippen molar-refractivity contribution in [1.29, 1.82) is 0 Å². The maximum absolute atomic E-state index is 5.51. The average molecular weight is 151 g/mol. The van der Waals surface area contributed by atoms with Crippen LogP contribution in [0.25, 0.3) is 0 Å². The van der Waals surface area contributed by atoms with Crippen LogP contribution in [0.3, 0.4) is 0 Å². The smallest absolute Gasteiger partial charge is 0.146 e. The third-order valence-corrected chi connectivity index (χ3v) is 1.52. The zero-order chi connectivity index (χ0) is 8.27. The maximum Gasteiger partial charge on any atom is 0.146 e. The zero-order valence-electron chi connectivity index (χ0n) is 6.67. The van der Waals surface area contributed by atoms with E-state index in [1.807, 2.05) is 6.07 Å². The van der Waals surface area contributed by atoms with Crippen molar-refractivity contribution in [3.63, 3.8) is 0 Å². The van der Waals surface area contributed by atoms with Crippen LogP contribution in [-0.4, -0.2) is 4.98 Å². The van der Waals surface area contributed by atoms with Gasteiger partial charge in [-0.1, -0.05) is 13.3 Å². The minimum absolute atomic E-state index is 0.441. The van der Waals surface area contributed by atoms with Crippen molar-refractivity contribution in [1.82, 2.24) is 4.98 Å². The van der Waals surface area contributed by atoms with Crippen molar-refractivity contribution in [3.8, 4) is 0 Å². The quantitative estimate of drug-likeness (QED) is 0.667. The molecular weight excluding hydrogens is 138 g/mol. The fraction of sp³-hybridized carbons (Fsp3) is 0.375. The molecule has 0 atom stereocenters. The fourth-order valence-electron chi connectivity index (χ4n) is 0.923. The van der Waals surface area contributed by atoms with Crippen molar-refractivity contribution in [3.05, 3.63) is 17.8 Å². The molecule has 11 heavy (non-hydrogen) atoms. The Morgan fingerprint density at radius 3 is 2.64 bits per heavy atom. The molecule has 1 rings (SSSR count). The Morgan fingerprint density at radius 2 is 2.09 bits per heavy atom. The summed E-state index contributed by atoms with van der Waals surface area (Å²) < 4.78 is 0. The minimum atomic E-state index is 0.441. The Bertz CT molecular complexity index is 245. The number of hydrogen-bond acceptors (Lipinski definition) is 3. The highest BCUT2D eigenvalue weighted by atomic mass is 14.9. The van der Waals surface area contributed by atoms with Gasteiger partial charge in [0.2, 0.25) is 0 Å². The Kier molecular flexibility index (Phi) is 2.31. The van der Waals surface area contributed by atoms with Gasteiger partial charge in [-0.25, -0.2) is 4.98 Å². The van der Waals surface area contributed by atoms with Gasteiger partial charge in [0, 0.05) is 5.69 Å². The van der Waals surface area contributed by atoms with Crippen molar-refractivity contribution in [2.24, 2.45) is 0 Å². The van der Waals surface area contributed by atoms with E-state index in [1.165, 1.54) is 0 Å². The Balaban J connectivity index is 2.86. The molecule has 60 valence electrons. The molecule has 1 aromatic rings. The number of hydrogen-bond donors (Lipinski definition) is 2. The second kappa shape index (κ2) is 3.23. The first-order valence-corrected chi connectivity index (χ1v) is 3.75. The van der Waals surface area contributed by atoms with Crippen LogP contribution in [0.5, 0.6) is 0 Å². The molecule has 4 N–H and O–H groups in total. The van der Waals surface area contributed by atoms with Gasteiger partial charge >= 0.3 is 0 Å². The van der Waals surface area contributed by atoms with Crippen LogP contribution in [0.2, 0.25) is 0 Å². The molecule has 3 nitrogen and oxygen atoms in total. The Hall–Kier alpha value is -1.25. The zero-order valence-corrected chi connectivity index (χ0v) is 6.67. The van der Waals surface area contributed by atoms with E-state index in [0.29, 0.717) is 11.5 Å². The molecule has 3 heteroatoms. The monoisotopic (exact) mass is 151 g/mol. The first-order chi connectivity index (χ1) is 5.24. The van der Waals surface area contributed by atoms with Crippen LogP contribution in [-0.2, 0) is 6.42 Å². The topological polar surface area (TPSA) is 64.9 Å². The number of aromatic nitrogens is 1. The van der Waals surface area contributed by atoms with E-state index < -0.39 is 0 Å². The van der Waals surface area contributed by atoms with Gasteiger partial charge in [-0.15, -0.1) is 0 Å². The highest BCUT2D eigenvalue weighted by Crippen LogP contribution is 2.11. The summed E-state index contributed by atoms with van der Waals surface area (Å²) in [7, 11) is 0. The predicted molar refractivity (Wildman–Crippen MR) is 47.1 cm³/mol. The Morgan fingerprint density at radius 1 is 1.36 bits per heavy atom. The maximum atomic E-state index is 5.51. The first kappa shape index (κ1) is 7.85. The van der Waals surface area contributed by atoms with Gasteiger partial charge < -0.3 is 11.5 Å². The first-order valence-electron chi connectivity index (χ1n) is 3.75. The molecule has 0 bridgehead atoms. The second-order valence-electron chi connectivity index (χ2n) is 2.53. The molecule has 0 aliphatic heterocycles. The van der Waals surface area contributed by atoms with E-state index in [1.54, 1.807) is 6.07 Å². The lowest BCUT2D eigenvalue weighted by atomic mass is 10.2. The summed E-state index contributed by atoms with van der Waals surface area (Å²) in [5.41, 5.74) is 12.6. The van der Waals surface area contributed by atoms with Gasteiger partial charge in [0.1, 0.15) is 5.82 Å². The van der Waals surface area contributed by atoms with E-state index in [4.69, 9.17) is 11.5 Å². The molecule has 0 amide bonds. The van der Waals surface area contributed by atoms with E-state index in [2.05, 4.69) is 11.9 Å². The molecule has 0 aliphatic rings. The van der Waals surface area contributed by atoms with Gasteiger partial charge in [0.25, 0.3) is 0 Å². The lowest BCUT2D eigenvalue weighted by Crippen LogP contribution is -2.00. The van der Waals surface area contributed by atoms with Crippen LogP contribution >= 0.6 is 0 Å². The van der Waals surface area contributed by atoms with Crippen molar-refractivity contribution in [2.75, 3.05) is 11.5 Å². The molecule has 1 heterocycles. The molecular formula is C8H13N3. The summed E-state index contributed by atoms with van der Waals surface area (Å²) in [5.74, 6) is 0.441. The summed E-state index contributed by atoms with van der Waals surface area (Å²) in [6, 6.07) is 3.71. The normalized spacial score (nSPS) is 9.91. The molecule has 1 aromatic heterocycles. The number of nitrogens with zero attached hydrogens (tertiary/aromatic N) is 1.